The highest BCUT2D eigenvalue weighted by Crippen LogP contribution is 2.17. The Bertz CT molecular complexity index is 263. The zero-order valence-electron chi connectivity index (χ0n) is 11.2. The summed E-state index contributed by atoms with van der Waals surface area (Å²) in [6.07, 6.45) is 4.52. The van der Waals surface area contributed by atoms with Crippen LogP contribution >= 0.6 is 0 Å². The standard InChI is InChI=1S/C13H25N3O/c1-3-12-11-14(2)7-6-10-16(12)13(17)15-8-4-5-9-15/h12H,3-11H2,1-2H3. The second kappa shape index (κ2) is 5.71. The van der Waals surface area contributed by atoms with Crippen LogP contribution in [-0.4, -0.2) is 66.5 Å². The molecule has 2 saturated heterocycles. The Labute approximate surface area is 105 Å². The van der Waals surface area contributed by atoms with Crippen molar-refractivity contribution in [2.75, 3.05) is 39.8 Å². The maximum absolute atomic E-state index is 12.5. The van der Waals surface area contributed by atoms with Gasteiger partial charge in [-0.05, 0) is 39.3 Å². The molecule has 0 aliphatic carbocycles. The molecular formula is C13H25N3O. The van der Waals surface area contributed by atoms with Crippen LogP contribution in [0.3, 0.4) is 0 Å². The predicted octanol–water partition coefficient (Wildman–Crippen LogP) is 1.62. The highest BCUT2D eigenvalue weighted by atomic mass is 16.2. The number of likely N-dealkylation sites (N-methyl/N-ethyl adjacent to an activating group) is 1. The molecule has 0 bridgehead atoms. The number of likely N-dealkylation sites (tertiary alicyclic amines) is 1. The van der Waals surface area contributed by atoms with Crippen LogP contribution in [0.1, 0.15) is 32.6 Å². The van der Waals surface area contributed by atoms with Crippen LogP contribution in [-0.2, 0) is 0 Å². The van der Waals surface area contributed by atoms with E-state index in [9.17, 15) is 4.79 Å². The topological polar surface area (TPSA) is 26.8 Å². The van der Waals surface area contributed by atoms with Gasteiger partial charge in [0.25, 0.3) is 0 Å². The van der Waals surface area contributed by atoms with Crippen molar-refractivity contribution in [1.82, 2.24) is 14.7 Å². The number of hydrogen-bond donors (Lipinski definition) is 0. The molecule has 0 radical (unpaired) electrons. The van der Waals surface area contributed by atoms with E-state index in [2.05, 4.69) is 23.8 Å². The lowest BCUT2D eigenvalue weighted by atomic mass is 10.2. The van der Waals surface area contributed by atoms with Crippen molar-refractivity contribution in [3.63, 3.8) is 0 Å². The third kappa shape index (κ3) is 2.92. The van der Waals surface area contributed by atoms with E-state index < -0.39 is 0 Å². The van der Waals surface area contributed by atoms with E-state index in [4.69, 9.17) is 0 Å². The van der Waals surface area contributed by atoms with E-state index in [1.165, 1.54) is 12.8 Å². The van der Waals surface area contributed by atoms with Crippen LogP contribution in [0.4, 0.5) is 4.79 Å². The van der Waals surface area contributed by atoms with Crippen molar-refractivity contribution in [2.24, 2.45) is 0 Å². The highest BCUT2D eigenvalue weighted by Gasteiger charge is 2.30. The van der Waals surface area contributed by atoms with Crippen molar-refractivity contribution in [2.45, 2.75) is 38.6 Å². The average molecular weight is 239 g/mol. The first-order valence-corrected chi connectivity index (χ1v) is 6.96. The molecule has 1 unspecified atom stereocenters. The molecule has 2 fully saturated rings. The fraction of sp³-hybridized carbons (Fsp3) is 0.923. The van der Waals surface area contributed by atoms with Crippen LogP contribution in [0.2, 0.25) is 0 Å². The lowest BCUT2D eigenvalue weighted by molar-refractivity contribution is 0.138. The molecule has 0 aromatic rings. The van der Waals surface area contributed by atoms with Gasteiger partial charge < -0.3 is 14.7 Å². The number of urea groups is 1. The SMILES string of the molecule is CCC1CN(C)CCCN1C(=O)N1CCCC1. The lowest BCUT2D eigenvalue weighted by Crippen LogP contribution is -2.49. The van der Waals surface area contributed by atoms with Crippen LogP contribution in [0.5, 0.6) is 0 Å². The van der Waals surface area contributed by atoms with Gasteiger partial charge >= 0.3 is 6.03 Å². The van der Waals surface area contributed by atoms with Crippen LogP contribution in [0.25, 0.3) is 0 Å². The molecule has 0 spiro atoms. The van der Waals surface area contributed by atoms with Crippen LogP contribution in [0, 0.1) is 0 Å². The van der Waals surface area contributed by atoms with Crippen LogP contribution < -0.4 is 0 Å². The van der Waals surface area contributed by atoms with Gasteiger partial charge in [0.05, 0.1) is 0 Å². The first-order chi connectivity index (χ1) is 8.22. The quantitative estimate of drug-likeness (QED) is 0.695. The molecule has 98 valence electrons. The third-order valence-corrected chi connectivity index (χ3v) is 4.00. The fourth-order valence-electron chi connectivity index (χ4n) is 2.93. The Kier molecular flexibility index (Phi) is 4.26. The summed E-state index contributed by atoms with van der Waals surface area (Å²) in [6, 6.07) is 0.681. The molecule has 2 rings (SSSR count). The van der Waals surface area contributed by atoms with E-state index in [0.717, 1.165) is 45.6 Å². The number of rotatable bonds is 1. The molecule has 2 amide bonds. The minimum atomic E-state index is 0.282. The molecule has 1 atom stereocenters. The van der Waals surface area contributed by atoms with E-state index in [1.54, 1.807) is 0 Å². The monoisotopic (exact) mass is 239 g/mol. The Balaban J connectivity index is 2.02. The molecule has 2 aliphatic heterocycles. The molecular weight excluding hydrogens is 214 g/mol. The fourth-order valence-corrected chi connectivity index (χ4v) is 2.93. The molecule has 4 nitrogen and oxygen atoms in total. The van der Waals surface area contributed by atoms with Gasteiger partial charge in [0.1, 0.15) is 0 Å². The van der Waals surface area contributed by atoms with Crippen molar-refractivity contribution in [3.05, 3.63) is 0 Å². The molecule has 0 N–H and O–H groups in total. The lowest BCUT2D eigenvalue weighted by Gasteiger charge is -2.33. The predicted molar refractivity (Wildman–Crippen MR) is 69.1 cm³/mol. The molecule has 17 heavy (non-hydrogen) atoms. The van der Waals surface area contributed by atoms with Gasteiger partial charge in [0.15, 0.2) is 0 Å². The summed E-state index contributed by atoms with van der Waals surface area (Å²) >= 11 is 0. The van der Waals surface area contributed by atoms with Gasteiger partial charge in [-0.15, -0.1) is 0 Å². The summed E-state index contributed by atoms with van der Waals surface area (Å²) in [6.45, 7) is 7.17. The molecule has 2 aliphatic rings. The Hall–Kier alpha value is -0.770. The number of amides is 2. The van der Waals surface area contributed by atoms with Crippen LogP contribution in [0.15, 0.2) is 0 Å². The Morgan fingerprint density at radius 2 is 1.82 bits per heavy atom. The second-order valence-electron chi connectivity index (χ2n) is 5.35. The third-order valence-electron chi connectivity index (χ3n) is 4.00. The van der Waals surface area contributed by atoms with Crippen molar-refractivity contribution in [1.29, 1.82) is 0 Å². The van der Waals surface area contributed by atoms with E-state index in [0.29, 0.717) is 6.04 Å². The zero-order chi connectivity index (χ0) is 12.3. The number of hydrogen-bond acceptors (Lipinski definition) is 2. The van der Waals surface area contributed by atoms with Crippen molar-refractivity contribution in [3.8, 4) is 0 Å². The van der Waals surface area contributed by atoms with Gasteiger partial charge in [-0.25, -0.2) is 4.79 Å². The number of nitrogens with zero attached hydrogens (tertiary/aromatic N) is 3. The largest absolute Gasteiger partial charge is 0.325 e. The summed E-state index contributed by atoms with van der Waals surface area (Å²) in [5, 5.41) is 0. The first kappa shape index (κ1) is 12.7. The van der Waals surface area contributed by atoms with Gasteiger partial charge in [-0.2, -0.15) is 0 Å². The molecule has 4 heteroatoms. The van der Waals surface area contributed by atoms with E-state index >= 15 is 0 Å². The van der Waals surface area contributed by atoms with Crippen molar-refractivity contribution >= 4 is 6.03 Å². The Morgan fingerprint density at radius 1 is 1.12 bits per heavy atom. The maximum Gasteiger partial charge on any atom is 0.320 e. The summed E-state index contributed by atoms with van der Waals surface area (Å²) < 4.78 is 0. The van der Waals surface area contributed by atoms with Gasteiger partial charge in [0, 0.05) is 32.2 Å². The smallest absolute Gasteiger partial charge is 0.320 e. The van der Waals surface area contributed by atoms with Gasteiger partial charge in [0.2, 0.25) is 0 Å². The molecule has 2 heterocycles. The van der Waals surface area contributed by atoms with Gasteiger partial charge in [-0.3, -0.25) is 0 Å². The zero-order valence-corrected chi connectivity index (χ0v) is 11.2. The highest BCUT2D eigenvalue weighted by molar-refractivity contribution is 5.75. The number of carbonyl (C=O) groups excluding carboxylic acids is 1. The first-order valence-electron chi connectivity index (χ1n) is 6.96. The van der Waals surface area contributed by atoms with Crippen molar-refractivity contribution < 1.29 is 4.79 Å². The average Bonchev–Trinajstić information content (AvgIpc) is 2.78. The minimum absolute atomic E-state index is 0.282. The molecule has 0 saturated carbocycles. The molecule has 0 aromatic carbocycles. The normalized spacial score (nSPS) is 27.3. The van der Waals surface area contributed by atoms with Gasteiger partial charge in [-0.1, -0.05) is 6.92 Å². The van der Waals surface area contributed by atoms with E-state index in [1.807, 2.05) is 4.90 Å². The summed E-state index contributed by atoms with van der Waals surface area (Å²) in [4.78, 5) is 19.0. The second-order valence-corrected chi connectivity index (χ2v) is 5.35. The maximum atomic E-state index is 12.5. The Morgan fingerprint density at radius 3 is 2.47 bits per heavy atom. The summed E-state index contributed by atoms with van der Waals surface area (Å²) in [5.41, 5.74) is 0. The summed E-state index contributed by atoms with van der Waals surface area (Å²) in [7, 11) is 2.16. The minimum Gasteiger partial charge on any atom is -0.325 e. The summed E-state index contributed by atoms with van der Waals surface area (Å²) in [5.74, 6) is 0. The van der Waals surface area contributed by atoms with E-state index in [-0.39, 0.29) is 6.03 Å². The molecule has 0 aromatic heterocycles. The number of carbonyl (C=O) groups is 1.